The van der Waals surface area contributed by atoms with Gasteiger partial charge in [0, 0.05) is 0 Å². The Bertz CT molecular complexity index is 298. The summed E-state index contributed by atoms with van der Waals surface area (Å²) in [5.41, 5.74) is -0.466. The summed E-state index contributed by atoms with van der Waals surface area (Å²) in [6, 6.07) is -0.340. The molecule has 2 N–H and O–H groups in total. The van der Waals surface area contributed by atoms with E-state index in [1.54, 1.807) is 0 Å². The zero-order chi connectivity index (χ0) is 10.4. The van der Waals surface area contributed by atoms with Gasteiger partial charge in [-0.1, -0.05) is 20.3 Å². The number of carbonyl (C=O) groups is 2. The maximum absolute atomic E-state index is 11.7. The third kappa shape index (κ3) is 1.38. The van der Waals surface area contributed by atoms with E-state index in [1.165, 1.54) is 0 Å². The van der Waals surface area contributed by atoms with Crippen molar-refractivity contribution in [1.29, 1.82) is 0 Å². The molecule has 0 aromatic heterocycles. The van der Waals surface area contributed by atoms with Crippen molar-refractivity contribution in [3.8, 4) is 0 Å². The van der Waals surface area contributed by atoms with Gasteiger partial charge in [0.15, 0.2) is 0 Å². The Kier molecular flexibility index (Phi) is 1.84. The molecular weight excluding hydrogens is 180 g/mol. The van der Waals surface area contributed by atoms with Gasteiger partial charge in [0.25, 0.3) is 5.91 Å². The van der Waals surface area contributed by atoms with Crippen LogP contribution in [0.4, 0.5) is 4.79 Å². The van der Waals surface area contributed by atoms with Crippen LogP contribution in [-0.4, -0.2) is 17.5 Å². The first-order chi connectivity index (χ1) is 6.44. The van der Waals surface area contributed by atoms with Gasteiger partial charge in [-0.25, -0.2) is 4.79 Å². The molecule has 1 aliphatic heterocycles. The first-order valence-electron chi connectivity index (χ1n) is 5.07. The van der Waals surface area contributed by atoms with Crippen molar-refractivity contribution < 1.29 is 9.59 Å². The minimum absolute atomic E-state index is 0.143. The number of imide groups is 1. The number of hydrogen-bond donors (Lipinski definition) is 2. The third-order valence-corrected chi connectivity index (χ3v) is 3.25. The third-order valence-electron chi connectivity index (χ3n) is 3.25. The lowest BCUT2D eigenvalue weighted by molar-refractivity contribution is -0.126. The molecule has 4 heteroatoms. The van der Waals surface area contributed by atoms with E-state index in [1.807, 2.05) is 0 Å². The van der Waals surface area contributed by atoms with Gasteiger partial charge in [-0.15, -0.1) is 0 Å². The van der Waals surface area contributed by atoms with E-state index in [9.17, 15) is 9.59 Å². The summed E-state index contributed by atoms with van der Waals surface area (Å²) < 4.78 is 0. The predicted octanol–water partition coefficient (Wildman–Crippen LogP) is 1.16. The molecule has 0 bridgehead atoms. The first kappa shape index (κ1) is 9.49. The maximum atomic E-state index is 11.7. The Labute approximate surface area is 83.4 Å². The van der Waals surface area contributed by atoms with Crippen molar-refractivity contribution in [2.45, 2.75) is 45.1 Å². The number of nitrogens with one attached hydrogen (secondary N) is 2. The smallest absolute Gasteiger partial charge is 0.322 e. The molecular formula is C10H16N2O2. The molecule has 3 amide bonds. The topological polar surface area (TPSA) is 58.2 Å². The second-order valence-corrected chi connectivity index (χ2v) is 5.18. The van der Waals surface area contributed by atoms with Crippen LogP contribution in [0.15, 0.2) is 0 Å². The summed E-state index contributed by atoms with van der Waals surface area (Å²) in [6.45, 7) is 4.29. The molecule has 1 spiro atoms. The van der Waals surface area contributed by atoms with Crippen molar-refractivity contribution >= 4 is 11.9 Å². The van der Waals surface area contributed by atoms with Gasteiger partial charge in [-0.05, 0) is 24.7 Å². The summed E-state index contributed by atoms with van der Waals surface area (Å²) in [6.07, 6.45) is 3.64. The SMILES string of the molecule is CC1(C)CCC[C@@]2(C1)NC(=O)NC2=O. The van der Waals surface area contributed by atoms with Crippen molar-refractivity contribution in [1.82, 2.24) is 10.6 Å². The standard InChI is InChI=1S/C10H16N2O2/c1-9(2)4-3-5-10(6-9)7(13)11-8(14)12-10/h3-6H2,1-2H3,(H2,11,12,13,14)/t10-/m0/s1. The molecule has 2 rings (SSSR count). The fraction of sp³-hybridized carbons (Fsp3) is 0.800. The molecule has 2 aliphatic rings. The lowest BCUT2D eigenvalue weighted by Gasteiger charge is -2.40. The van der Waals surface area contributed by atoms with Crippen LogP contribution < -0.4 is 10.6 Å². The van der Waals surface area contributed by atoms with Gasteiger partial charge in [0.2, 0.25) is 0 Å². The van der Waals surface area contributed by atoms with Crippen LogP contribution >= 0.6 is 0 Å². The van der Waals surface area contributed by atoms with Crippen LogP contribution in [0.1, 0.15) is 39.5 Å². The summed E-state index contributed by atoms with van der Waals surface area (Å²) in [4.78, 5) is 22.7. The van der Waals surface area contributed by atoms with Gasteiger partial charge >= 0.3 is 6.03 Å². The minimum Gasteiger partial charge on any atom is -0.323 e. The van der Waals surface area contributed by atoms with Crippen LogP contribution in [0.3, 0.4) is 0 Å². The second kappa shape index (κ2) is 2.72. The average Bonchev–Trinajstić information content (AvgIpc) is 2.24. The second-order valence-electron chi connectivity index (χ2n) is 5.18. The predicted molar refractivity (Wildman–Crippen MR) is 51.7 cm³/mol. The van der Waals surface area contributed by atoms with E-state index in [2.05, 4.69) is 24.5 Å². The molecule has 2 fully saturated rings. The van der Waals surface area contributed by atoms with E-state index >= 15 is 0 Å². The van der Waals surface area contributed by atoms with Gasteiger partial charge in [-0.2, -0.15) is 0 Å². The number of urea groups is 1. The highest BCUT2D eigenvalue weighted by Crippen LogP contribution is 2.42. The first-order valence-corrected chi connectivity index (χ1v) is 5.07. The Balaban J connectivity index is 2.24. The van der Waals surface area contributed by atoms with Gasteiger partial charge in [0.05, 0.1) is 0 Å². The van der Waals surface area contributed by atoms with Gasteiger partial charge < -0.3 is 5.32 Å². The normalized spacial score (nSPS) is 35.6. The highest BCUT2D eigenvalue weighted by Gasteiger charge is 2.50. The molecule has 14 heavy (non-hydrogen) atoms. The van der Waals surface area contributed by atoms with E-state index in [0.717, 1.165) is 25.7 Å². The van der Waals surface area contributed by atoms with E-state index in [-0.39, 0.29) is 17.4 Å². The van der Waals surface area contributed by atoms with Crippen LogP contribution in [0.2, 0.25) is 0 Å². The molecule has 4 nitrogen and oxygen atoms in total. The molecule has 1 aliphatic carbocycles. The average molecular weight is 196 g/mol. The lowest BCUT2D eigenvalue weighted by Crippen LogP contribution is -2.52. The fourth-order valence-corrected chi connectivity index (χ4v) is 2.69. The molecule has 0 aromatic rings. The van der Waals surface area contributed by atoms with Crippen LogP contribution in [0.5, 0.6) is 0 Å². The quantitative estimate of drug-likeness (QED) is 0.571. The monoisotopic (exact) mass is 196 g/mol. The van der Waals surface area contributed by atoms with E-state index in [4.69, 9.17) is 0 Å². The molecule has 78 valence electrons. The van der Waals surface area contributed by atoms with Crippen molar-refractivity contribution in [2.75, 3.05) is 0 Å². The number of amides is 3. The molecule has 1 atom stereocenters. The number of hydrogen-bond acceptors (Lipinski definition) is 2. The van der Waals surface area contributed by atoms with Crippen LogP contribution in [0, 0.1) is 5.41 Å². The van der Waals surface area contributed by atoms with Gasteiger partial charge in [0.1, 0.15) is 5.54 Å². The molecule has 1 heterocycles. The molecule has 1 saturated heterocycles. The summed E-state index contributed by atoms with van der Waals surface area (Å²) in [7, 11) is 0. The molecule has 0 aromatic carbocycles. The van der Waals surface area contributed by atoms with Crippen molar-refractivity contribution in [2.24, 2.45) is 5.41 Å². The zero-order valence-electron chi connectivity index (χ0n) is 8.64. The Hall–Kier alpha value is -1.06. The van der Waals surface area contributed by atoms with Crippen molar-refractivity contribution in [3.05, 3.63) is 0 Å². The lowest BCUT2D eigenvalue weighted by atomic mass is 9.68. The summed E-state index contributed by atoms with van der Waals surface area (Å²) in [5, 5.41) is 5.10. The number of carbonyl (C=O) groups excluding carboxylic acids is 2. The summed E-state index contributed by atoms with van der Waals surface area (Å²) >= 11 is 0. The number of rotatable bonds is 0. The van der Waals surface area contributed by atoms with Crippen molar-refractivity contribution in [3.63, 3.8) is 0 Å². The fourth-order valence-electron chi connectivity index (χ4n) is 2.69. The highest BCUT2D eigenvalue weighted by molar-refractivity contribution is 6.07. The zero-order valence-corrected chi connectivity index (χ0v) is 8.64. The van der Waals surface area contributed by atoms with E-state index < -0.39 is 5.54 Å². The highest BCUT2D eigenvalue weighted by atomic mass is 16.2. The molecule has 0 unspecified atom stereocenters. The molecule has 0 radical (unpaired) electrons. The largest absolute Gasteiger partial charge is 0.323 e. The Morgan fingerprint density at radius 3 is 2.43 bits per heavy atom. The Morgan fingerprint density at radius 1 is 1.21 bits per heavy atom. The van der Waals surface area contributed by atoms with Crippen LogP contribution in [-0.2, 0) is 4.79 Å². The Morgan fingerprint density at radius 2 is 1.93 bits per heavy atom. The van der Waals surface area contributed by atoms with Gasteiger partial charge in [-0.3, -0.25) is 10.1 Å². The van der Waals surface area contributed by atoms with E-state index in [0.29, 0.717) is 0 Å². The maximum Gasteiger partial charge on any atom is 0.322 e. The van der Waals surface area contributed by atoms with Crippen LogP contribution in [0.25, 0.3) is 0 Å². The summed E-state index contributed by atoms with van der Waals surface area (Å²) in [5.74, 6) is -0.143. The minimum atomic E-state index is -0.612. The molecule has 1 saturated carbocycles.